The van der Waals surface area contributed by atoms with Crippen LogP contribution in [0.4, 0.5) is 5.69 Å². The fourth-order valence-electron chi connectivity index (χ4n) is 3.42. The Morgan fingerprint density at radius 1 is 1.10 bits per heavy atom. The lowest BCUT2D eigenvalue weighted by Crippen LogP contribution is -2.44. The molecule has 0 aliphatic carbocycles. The Bertz CT molecular complexity index is 912. The van der Waals surface area contributed by atoms with Crippen molar-refractivity contribution in [2.24, 2.45) is 5.92 Å². The number of amides is 1. The molecular formula is C21H26ClN3O3S. The van der Waals surface area contributed by atoms with Gasteiger partial charge in [-0.2, -0.15) is 4.31 Å². The minimum atomic E-state index is -3.55. The first kappa shape index (κ1) is 21.6. The van der Waals surface area contributed by atoms with Crippen LogP contribution in [0.15, 0.2) is 59.5 Å². The third kappa shape index (κ3) is 5.50. The van der Waals surface area contributed by atoms with Crippen LogP contribution in [0.25, 0.3) is 0 Å². The third-order valence-corrected chi connectivity index (χ3v) is 7.38. The van der Waals surface area contributed by atoms with E-state index < -0.39 is 10.0 Å². The van der Waals surface area contributed by atoms with E-state index >= 15 is 0 Å². The second-order valence-corrected chi connectivity index (χ2v) is 9.55. The highest BCUT2D eigenvalue weighted by atomic mass is 35.5. The monoisotopic (exact) mass is 435 g/mol. The van der Waals surface area contributed by atoms with Gasteiger partial charge in [-0.05, 0) is 49.2 Å². The zero-order valence-electron chi connectivity index (χ0n) is 16.4. The lowest BCUT2D eigenvalue weighted by atomic mass is 9.97. The molecule has 0 bridgehead atoms. The Morgan fingerprint density at radius 3 is 2.34 bits per heavy atom. The smallest absolute Gasteiger partial charge is 0.243 e. The number of nitrogens with one attached hydrogen (secondary N) is 1. The van der Waals surface area contributed by atoms with Crippen molar-refractivity contribution in [1.82, 2.24) is 9.62 Å². The van der Waals surface area contributed by atoms with Gasteiger partial charge < -0.3 is 10.2 Å². The summed E-state index contributed by atoms with van der Waals surface area (Å²) in [6.07, 6.45) is 1.04. The number of likely N-dealkylation sites (N-methyl/N-ethyl adjacent to an activating group) is 1. The second kappa shape index (κ2) is 9.61. The minimum absolute atomic E-state index is 0.00463. The van der Waals surface area contributed by atoms with Crippen molar-refractivity contribution in [3.05, 3.63) is 59.6 Å². The molecule has 0 unspecified atom stereocenters. The standard InChI is InChI=1S/C21H26ClN3O3S/c1-24(19-5-3-2-4-6-19)16-13-23-21(26)17-11-14-25(15-12-17)29(27,28)20-9-7-18(22)8-10-20/h2-10,17H,11-16H2,1H3,(H,23,26). The molecule has 0 radical (unpaired) electrons. The van der Waals surface area contributed by atoms with Gasteiger partial charge in [0.25, 0.3) is 0 Å². The molecule has 0 aromatic heterocycles. The third-order valence-electron chi connectivity index (χ3n) is 5.22. The maximum Gasteiger partial charge on any atom is 0.243 e. The van der Waals surface area contributed by atoms with Crippen molar-refractivity contribution in [2.45, 2.75) is 17.7 Å². The van der Waals surface area contributed by atoms with E-state index in [0.29, 0.717) is 44.0 Å². The van der Waals surface area contributed by atoms with Gasteiger partial charge in [0.1, 0.15) is 0 Å². The summed E-state index contributed by atoms with van der Waals surface area (Å²) < 4.78 is 26.9. The Labute approximate surface area is 177 Å². The van der Waals surface area contributed by atoms with Gasteiger partial charge in [-0.25, -0.2) is 8.42 Å². The molecule has 1 fully saturated rings. The van der Waals surface area contributed by atoms with Gasteiger partial charge >= 0.3 is 0 Å². The second-order valence-electron chi connectivity index (χ2n) is 7.18. The summed E-state index contributed by atoms with van der Waals surface area (Å²) in [5.74, 6) is -0.163. The Morgan fingerprint density at radius 2 is 1.72 bits per heavy atom. The average Bonchev–Trinajstić information content (AvgIpc) is 2.74. The van der Waals surface area contributed by atoms with Crippen LogP contribution in [0.2, 0.25) is 5.02 Å². The number of hydrogen-bond donors (Lipinski definition) is 1. The molecule has 1 N–H and O–H groups in total. The Hall–Kier alpha value is -2.09. The van der Waals surface area contributed by atoms with E-state index in [4.69, 9.17) is 11.6 Å². The summed E-state index contributed by atoms with van der Waals surface area (Å²) in [5, 5.41) is 3.48. The predicted octanol–water partition coefficient (Wildman–Crippen LogP) is 2.99. The molecule has 8 heteroatoms. The van der Waals surface area contributed by atoms with Crippen molar-refractivity contribution in [3.63, 3.8) is 0 Å². The summed E-state index contributed by atoms with van der Waals surface area (Å²) in [6, 6.07) is 16.2. The Balaban J connectivity index is 1.46. The van der Waals surface area contributed by atoms with Crippen molar-refractivity contribution in [2.75, 3.05) is 38.1 Å². The number of nitrogens with zero attached hydrogens (tertiary/aromatic N) is 2. The number of sulfonamides is 1. The maximum atomic E-state index is 12.7. The van der Waals surface area contributed by atoms with Crippen molar-refractivity contribution < 1.29 is 13.2 Å². The van der Waals surface area contributed by atoms with Crippen molar-refractivity contribution in [1.29, 1.82) is 0 Å². The van der Waals surface area contributed by atoms with E-state index in [0.717, 1.165) is 5.69 Å². The number of carbonyl (C=O) groups is 1. The van der Waals surface area contributed by atoms with E-state index in [1.807, 2.05) is 37.4 Å². The quantitative estimate of drug-likeness (QED) is 0.725. The van der Waals surface area contributed by atoms with Crippen LogP contribution in [0.1, 0.15) is 12.8 Å². The molecule has 1 heterocycles. The molecule has 1 saturated heterocycles. The van der Waals surface area contributed by atoms with E-state index in [9.17, 15) is 13.2 Å². The number of hydrogen-bond acceptors (Lipinski definition) is 4. The summed E-state index contributed by atoms with van der Waals surface area (Å²) >= 11 is 5.84. The number of piperidine rings is 1. The van der Waals surface area contributed by atoms with Gasteiger partial charge in [-0.1, -0.05) is 29.8 Å². The summed E-state index contributed by atoms with van der Waals surface area (Å²) in [5.41, 5.74) is 1.10. The number of benzene rings is 2. The van der Waals surface area contributed by atoms with E-state index in [1.165, 1.54) is 16.4 Å². The lowest BCUT2D eigenvalue weighted by Gasteiger charge is -2.30. The van der Waals surface area contributed by atoms with E-state index in [2.05, 4.69) is 10.2 Å². The van der Waals surface area contributed by atoms with Crippen LogP contribution in [0.3, 0.4) is 0 Å². The highest BCUT2D eigenvalue weighted by Gasteiger charge is 2.31. The van der Waals surface area contributed by atoms with E-state index in [1.54, 1.807) is 12.1 Å². The minimum Gasteiger partial charge on any atom is -0.373 e. The molecule has 29 heavy (non-hydrogen) atoms. The normalized spacial score (nSPS) is 15.8. The summed E-state index contributed by atoms with van der Waals surface area (Å²) in [7, 11) is -1.56. The fraction of sp³-hybridized carbons (Fsp3) is 0.381. The molecule has 0 saturated carbocycles. The summed E-state index contributed by atoms with van der Waals surface area (Å²) in [6.45, 7) is 1.94. The molecular weight excluding hydrogens is 410 g/mol. The van der Waals surface area contributed by atoms with Gasteiger partial charge in [0.05, 0.1) is 4.90 Å². The fourth-order valence-corrected chi connectivity index (χ4v) is 5.01. The number of para-hydroxylation sites is 1. The largest absolute Gasteiger partial charge is 0.373 e. The molecule has 3 rings (SSSR count). The number of rotatable bonds is 7. The van der Waals surface area contributed by atoms with Crippen LogP contribution in [0.5, 0.6) is 0 Å². The molecule has 0 atom stereocenters. The van der Waals surface area contributed by atoms with Crippen LogP contribution >= 0.6 is 11.6 Å². The predicted molar refractivity (Wildman–Crippen MR) is 116 cm³/mol. The molecule has 1 aliphatic rings. The van der Waals surface area contributed by atoms with Crippen LogP contribution < -0.4 is 10.2 Å². The SMILES string of the molecule is CN(CCNC(=O)C1CCN(S(=O)(=O)c2ccc(Cl)cc2)CC1)c1ccccc1. The van der Waals surface area contributed by atoms with Crippen LogP contribution in [-0.4, -0.2) is 51.9 Å². The van der Waals surface area contributed by atoms with Gasteiger partial charge in [0.2, 0.25) is 15.9 Å². The number of carbonyl (C=O) groups excluding carboxylic acids is 1. The highest BCUT2D eigenvalue weighted by Crippen LogP contribution is 2.24. The first-order valence-corrected chi connectivity index (χ1v) is 11.5. The highest BCUT2D eigenvalue weighted by molar-refractivity contribution is 7.89. The van der Waals surface area contributed by atoms with Crippen molar-refractivity contribution >= 4 is 33.2 Å². The van der Waals surface area contributed by atoms with Crippen molar-refractivity contribution in [3.8, 4) is 0 Å². The van der Waals surface area contributed by atoms with E-state index in [-0.39, 0.29) is 16.7 Å². The molecule has 2 aromatic carbocycles. The van der Waals surface area contributed by atoms with Crippen LogP contribution in [0, 0.1) is 5.92 Å². The molecule has 1 amide bonds. The van der Waals surface area contributed by atoms with Crippen LogP contribution in [-0.2, 0) is 14.8 Å². The first-order chi connectivity index (χ1) is 13.9. The van der Waals surface area contributed by atoms with Gasteiger partial charge in [0.15, 0.2) is 0 Å². The van der Waals surface area contributed by atoms with Gasteiger partial charge in [-0.15, -0.1) is 0 Å². The lowest BCUT2D eigenvalue weighted by molar-refractivity contribution is -0.126. The number of anilines is 1. The topological polar surface area (TPSA) is 69.7 Å². The molecule has 0 spiro atoms. The zero-order valence-corrected chi connectivity index (χ0v) is 18.0. The first-order valence-electron chi connectivity index (χ1n) is 9.67. The maximum absolute atomic E-state index is 12.7. The zero-order chi connectivity index (χ0) is 20.9. The molecule has 6 nitrogen and oxygen atoms in total. The summed E-state index contributed by atoms with van der Waals surface area (Å²) in [4.78, 5) is 14.8. The molecule has 156 valence electrons. The van der Waals surface area contributed by atoms with Gasteiger partial charge in [0, 0.05) is 49.9 Å². The van der Waals surface area contributed by atoms with Gasteiger partial charge in [-0.3, -0.25) is 4.79 Å². The Kier molecular flexibility index (Phi) is 7.16. The molecule has 2 aromatic rings. The molecule has 1 aliphatic heterocycles. The average molecular weight is 436 g/mol. The number of halogens is 1.